The minimum Gasteiger partial charge on any atom is -0.503 e. The van der Waals surface area contributed by atoms with E-state index in [4.69, 9.17) is 23.2 Å². The van der Waals surface area contributed by atoms with Crippen molar-refractivity contribution in [2.45, 2.75) is 26.2 Å². The second-order valence-electron chi connectivity index (χ2n) is 5.66. The van der Waals surface area contributed by atoms with Crippen LogP contribution in [0.4, 0.5) is 0 Å². The van der Waals surface area contributed by atoms with Crippen molar-refractivity contribution < 1.29 is 14.7 Å². The van der Waals surface area contributed by atoms with E-state index in [2.05, 4.69) is 5.32 Å². The van der Waals surface area contributed by atoms with Crippen LogP contribution in [0.25, 0.3) is 0 Å². The molecule has 1 aliphatic rings. The van der Waals surface area contributed by atoms with Crippen molar-refractivity contribution in [2.75, 3.05) is 19.6 Å². The van der Waals surface area contributed by atoms with Gasteiger partial charge in [0.25, 0.3) is 11.8 Å². The van der Waals surface area contributed by atoms with Crippen LogP contribution in [0.1, 0.15) is 25.3 Å². The summed E-state index contributed by atoms with van der Waals surface area (Å²) in [5.74, 6) is -1.31. The van der Waals surface area contributed by atoms with Crippen molar-refractivity contribution in [1.29, 1.82) is 0 Å². The Morgan fingerprint density at radius 2 is 2.08 bits per heavy atom. The zero-order valence-corrected chi connectivity index (χ0v) is 15.0. The van der Waals surface area contributed by atoms with Crippen LogP contribution in [0, 0.1) is 0 Å². The first-order valence-corrected chi connectivity index (χ1v) is 8.63. The van der Waals surface area contributed by atoms with Gasteiger partial charge in [-0.25, -0.2) is 0 Å². The maximum atomic E-state index is 12.1. The molecule has 0 aromatic heterocycles. The third-order valence-electron chi connectivity index (χ3n) is 3.80. The molecule has 0 bridgehead atoms. The van der Waals surface area contributed by atoms with Gasteiger partial charge in [-0.2, -0.15) is 0 Å². The number of hydrogen-bond acceptors (Lipinski definition) is 3. The molecule has 1 aliphatic heterocycles. The molecule has 1 aromatic rings. The van der Waals surface area contributed by atoms with Gasteiger partial charge in [0.05, 0.1) is 22.2 Å². The summed E-state index contributed by atoms with van der Waals surface area (Å²) in [5.41, 5.74) is 1.17. The Balaban J connectivity index is 1.81. The topological polar surface area (TPSA) is 69.6 Å². The molecule has 7 heteroatoms. The van der Waals surface area contributed by atoms with Gasteiger partial charge < -0.3 is 15.3 Å². The summed E-state index contributed by atoms with van der Waals surface area (Å²) in [4.78, 5) is 25.4. The van der Waals surface area contributed by atoms with Crippen molar-refractivity contribution in [3.63, 3.8) is 0 Å². The molecule has 2 amide bonds. The molecule has 130 valence electrons. The summed E-state index contributed by atoms with van der Waals surface area (Å²) in [7, 11) is 0. The Bertz CT molecular complexity index is 674. The molecule has 2 N–H and O–H groups in total. The maximum absolute atomic E-state index is 12.1. The van der Waals surface area contributed by atoms with Gasteiger partial charge in [0, 0.05) is 13.1 Å². The van der Waals surface area contributed by atoms with Crippen LogP contribution in [0.15, 0.2) is 29.5 Å². The number of amides is 2. The number of nitrogens with zero attached hydrogens (tertiary/aromatic N) is 1. The van der Waals surface area contributed by atoms with Gasteiger partial charge in [-0.05, 0) is 37.0 Å². The number of benzene rings is 1. The van der Waals surface area contributed by atoms with E-state index in [0.717, 1.165) is 18.4 Å². The van der Waals surface area contributed by atoms with Crippen molar-refractivity contribution >= 4 is 35.0 Å². The highest BCUT2D eigenvalue weighted by molar-refractivity contribution is 6.42. The van der Waals surface area contributed by atoms with Gasteiger partial charge in [0.2, 0.25) is 0 Å². The first-order chi connectivity index (χ1) is 11.4. The Labute approximate surface area is 151 Å². The average Bonchev–Trinajstić information content (AvgIpc) is 2.83. The first kappa shape index (κ1) is 18.6. The van der Waals surface area contributed by atoms with Crippen LogP contribution in [0.3, 0.4) is 0 Å². The van der Waals surface area contributed by atoms with Crippen LogP contribution < -0.4 is 5.32 Å². The number of halogens is 2. The van der Waals surface area contributed by atoms with Crippen LogP contribution in [-0.2, 0) is 16.0 Å². The fourth-order valence-corrected chi connectivity index (χ4v) is 2.86. The monoisotopic (exact) mass is 370 g/mol. The van der Waals surface area contributed by atoms with Gasteiger partial charge in [-0.15, -0.1) is 0 Å². The summed E-state index contributed by atoms with van der Waals surface area (Å²) >= 11 is 11.8. The summed E-state index contributed by atoms with van der Waals surface area (Å²) in [6, 6.07) is 5.44. The highest BCUT2D eigenvalue weighted by atomic mass is 35.5. The normalized spacial score (nSPS) is 14.5. The third-order valence-corrected chi connectivity index (χ3v) is 4.54. The fourth-order valence-electron chi connectivity index (χ4n) is 2.54. The Morgan fingerprint density at radius 1 is 1.33 bits per heavy atom. The second-order valence-corrected chi connectivity index (χ2v) is 6.48. The number of aliphatic hydroxyl groups is 1. The molecule has 0 aliphatic carbocycles. The van der Waals surface area contributed by atoms with Crippen LogP contribution in [-0.4, -0.2) is 41.5 Å². The Kier molecular flexibility index (Phi) is 6.52. The standard InChI is InChI=1S/C17H20Cl2N2O3/c1-2-8-21-10-12(15(22)17(21)24)16(23)20-7-3-4-11-5-6-13(18)14(19)9-11/h5-6,9,22H,2-4,7-8,10H2,1H3,(H,20,23). The molecule has 0 spiro atoms. The van der Waals surface area contributed by atoms with Gasteiger partial charge in [-0.3, -0.25) is 9.59 Å². The molecule has 24 heavy (non-hydrogen) atoms. The molecule has 0 unspecified atom stereocenters. The predicted octanol–water partition coefficient (Wildman–Crippen LogP) is 3.11. The quantitative estimate of drug-likeness (QED) is 0.724. The summed E-state index contributed by atoms with van der Waals surface area (Å²) in [6.07, 6.45) is 2.23. The van der Waals surface area contributed by atoms with E-state index in [9.17, 15) is 14.7 Å². The van der Waals surface area contributed by atoms with Gasteiger partial charge in [0.1, 0.15) is 0 Å². The number of rotatable bonds is 7. The number of carbonyl (C=O) groups is 2. The van der Waals surface area contributed by atoms with Crippen LogP contribution in [0.2, 0.25) is 10.0 Å². The number of aliphatic hydroxyl groups excluding tert-OH is 1. The van der Waals surface area contributed by atoms with Crippen LogP contribution in [0.5, 0.6) is 0 Å². The Morgan fingerprint density at radius 3 is 2.75 bits per heavy atom. The minimum absolute atomic E-state index is 0.142. The zero-order valence-electron chi connectivity index (χ0n) is 13.4. The molecule has 0 saturated heterocycles. The van der Waals surface area contributed by atoms with E-state index in [-0.39, 0.29) is 12.1 Å². The largest absolute Gasteiger partial charge is 0.503 e. The summed E-state index contributed by atoms with van der Waals surface area (Å²) in [6.45, 7) is 3.07. The number of carbonyl (C=O) groups excluding carboxylic acids is 2. The molecular formula is C17H20Cl2N2O3. The summed E-state index contributed by atoms with van der Waals surface area (Å²) in [5, 5.41) is 13.6. The van der Waals surface area contributed by atoms with E-state index in [1.54, 1.807) is 12.1 Å². The molecule has 5 nitrogen and oxygen atoms in total. The molecule has 2 rings (SSSR count). The van der Waals surface area contributed by atoms with Crippen molar-refractivity contribution in [3.8, 4) is 0 Å². The molecule has 0 saturated carbocycles. The van der Waals surface area contributed by atoms with E-state index in [0.29, 0.717) is 29.6 Å². The highest BCUT2D eigenvalue weighted by Crippen LogP contribution is 2.23. The molecule has 0 atom stereocenters. The first-order valence-electron chi connectivity index (χ1n) is 7.87. The summed E-state index contributed by atoms with van der Waals surface area (Å²) < 4.78 is 0. The molecule has 1 heterocycles. The molecule has 0 fully saturated rings. The number of nitrogens with one attached hydrogen (secondary N) is 1. The lowest BCUT2D eigenvalue weighted by atomic mass is 10.1. The maximum Gasteiger partial charge on any atom is 0.289 e. The van der Waals surface area contributed by atoms with Crippen LogP contribution >= 0.6 is 23.2 Å². The van der Waals surface area contributed by atoms with Gasteiger partial charge >= 0.3 is 0 Å². The van der Waals surface area contributed by atoms with E-state index in [1.165, 1.54) is 4.90 Å². The third kappa shape index (κ3) is 4.42. The molecular weight excluding hydrogens is 351 g/mol. The second kappa shape index (κ2) is 8.40. The van der Waals surface area contributed by atoms with Crippen molar-refractivity contribution in [2.24, 2.45) is 0 Å². The minimum atomic E-state index is -0.474. The van der Waals surface area contributed by atoms with Crippen molar-refractivity contribution in [3.05, 3.63) is 45.1 Å². The number of aryl methyl sites for hydroxylation is 1. The lowest BCUT2D eigenvalue weighted by molar-refractivity contribution is -0.127. The zero-order chi connectivity index (χ0) is 17.7. The number of hydrogen-bond donors (Lipinski definition) is 2. The van der Waals surface area contributed by atoms with Gasteiger partial charge in [-0.1, -0.05) is 36.2 Å². The lowest BCUT2D eigenvalue weighted by Gasteiger charge is -2.14. The van der Waals surface area contributed by atoms with E-state index >= 15 is 0 Å². The SMILES string of the molecule is CCCN1CC(C(=O)NCCCc2ccc(Cl)c(Cl)c2)=C(O)C1=O. The Hall–Kier alpha value is -1.72. The smallest absolute Gasteiger partial charge is 0.289 e. The molecule has 1 aromatic carbocycles. The fraction of sp³-hybridized carbons (Fsp3) is 0.412. The molecule has 0 radical (unpaired) electrons. The predicted molar refractivity (Wildman–Crippen MR) is 94.3 cm³/mol. The average molecular weight is 371 g/mol. The highest BCUT2D eigenvalue weighted by Gasteiger charge is 2.33. The van der Waals surface area contributed by atoms with E-state index < -0.39 is 17.6 Å². The van der Waals surface area contributed by atoms with Gasteiger partial charge in [0.15, 0.2) is 5.76 Å². The van der Waals surface area contributed by atoms with Crippen molar-refractivity contribution in [1.82, 2.24) is 10.2 Å². The van der Waals surface area contributed by atoms with E-state index in [1.807, 2.05) is 13.0 Å². The lowest BCUT2D eigenvalue weighted by Crippen LogP contribution is -2.31.